The molecule has 5 atom stereocenters. The minimum absolute atomic E-state index is 0.0184. The van der Waals surface area contributed by atoms with Crippen molar-refractivity contribution in [1.82, 2.24) is 0 Å². The van der Waals surface area contributed by atoms with E-state index in [0.29, 0.717) is 19.6 Å². The fourth-order valence-corrected chi connectivity index (χ4v) is 9.18. The van der Waals surface area contributed by atoms with Crippen LogP contribution >= 0.6 is 0 Å². The van der Waals surface area contributed by atoms with Crippen LogP contribution in [0.5, 0.6) is 0 Å². The molecule has 5 aliphatic rings. The van der Waals surface area contributed by atoms with Crippen LogP contribution in [0.1, 0.15) is 79.6 Å². The summed E-state index contributed by atoms with van der Waals surface area (Å²) >= 11 is 0. The molecule has 0 bridgehead atoms. The minimum atomic E-state index is -1.14. The molecule has 31 heavy (non-hydrogen) atoms. The minimum Gasteiger partial charge on any atom is -0.468 e. The first-order valence-electron chi connectivity index (χ1n) is 12.1. The first-order chi connectivity index (χ1) is 14.5. The molecule has 5 nitrogen and oxygen atoms in total. The lowest BCUT2D eigenvalue weighted by molar-refractivity contribution is -0.264. The topological polar surface area (TPSA) is 61.8 Å². The molecule has 0 radical (unpaired) electrons. The fourth-order valence-electron chi connectivity index (χ4n) is 9.18. The van der Waals surface area contributed by atoms with Gasteiger partial charge < -0.3 is 14.2 Å². The third kappa shape index (κ3) is 2.16. The standard InChI is InChI=1S/C26H38O5/c1-21(2)10-7-11-23(4)17(21)8-9-18-22(3)12-13-25(30-14-15-31-25)24(22,5)16-19(27)26(18,23)20(28)29-6/h8,18H,7,9-16H2,1-6H3/t18-,22+,23+,24+,26-/m1/s1. The monoisotopic (exact) mass is 430 g/mol. The van der Waals surface area contributed by atoms with E-state index >= 15 is 0 Å². The average Bonchev–Trinajstić information content (AvgIpc) is 3.27. The Morgan fingerprint density at radius 3 is 2.35 bits per heavy atom. The number of fused-ring (bicyclic) bond motifs is 6. The number of hydrogen-bond acceptors (Lipinski definition) is 5. The lowest BCUT2D eigenvalue weighted by Crippen LogP contribution is -2.71. The predicted octanol–water partition coefficient (Wildman–Crippen LogP) is 4.83. The van der Waals surface area contributed by atoms with Gasteiger partial charge in [0.15, 0.2) is 11.6 Å². The molecule has 0 N–H and O–H groups in total. The zero-order valence-corrected chi connectivity index (χ0v) is 20.1. The summed E-state index contributed by atoms with van der Waals surface area (Å²) in [5.41, 5.74) is -1.10. The van der Waals surface area contributed by atoms with Crippen LogP contribution in [0.4, 0.5) is 0 Å². The number of allylic oxidation sites excluding steroid dienone is 2. The van der Waals surface area contributed by atoms with Crippen LogP contribution in [0.15, 0.2) is 11.6 Å². The van der Waals surface area contributed by atoms with E-state index in [4.69, 9.17) is 14.2 Å². The highest BCUT2D eigenvalue weighted by Gasteiger charge is 2.80. The van der Waals surface area contributed by atoms with E-state index in [-0.39, 0.29) is 28.5 Å². The number of rotatable bonds is 1. The second-order valence-electron chi connectivity index (χ2n) is 12.1. The van der Waals surface area contributed by atoms with Crippen LogP contribution in [0.3, 0.4) is 0 Å². The average molecular weight is 431 g/mol. The van der Waals surface area contributed by atoms with E-state index in [1.807, 2.05) is 0 Å². The highest BCUT2D eigenvalue weighted by Crippen LogP contribution is 2.77. The Morgan fingerprint density at radius 1 is 1.03 bits per heavy atom. The number of ketones is 1. The molecule has 1 aliphatic heterocycles. The van der Waals surface area contributed by atoms with Gasteiger partial charge in [0.25, 0.3) is 0 Å². The maximum Gasteiger partial charge on any atom is 0.320 e. The van der Waals surface area contributed by atoms with Gasteiger partial charge in [-0.3, -0.25) is 9.59 Å². The van der Waals surface area contributed by atoms with Crippen molar-refractivity contribution in [3.63, 3.8) is 0 Å². The zero-order valence-electron chi connectivity index (χ0n) is 20.1. The quantitative estimate of drug-likeness (QED) is 0.339. The van der Waals surface area contributed by atoms with Crippen molar-refractivity contribution in [1.29, 1.82) is 0 Å². The molecule has 1 spiro atoms. The molecule has 3 saturated carbocycles. The molecule has 4 aliphatic carbocycles. The van der Waals surface area contributed by atoms with Gasteiger partial charge in [-0.25, -0.2) is 0 Å². The lowest BCUT2D eigenvalue weighted by atomic mass is 9.35. The van der Waals surface area contributed by atoms with E-state index < -0.39 is 22.0 Å². The summed E-state index contributed by atoms with van der Waals surface area (Å²) in [6.45, 7) is 12.3. The molecular formula is C26H38O5. The fraction of sp³-hybridized carbons (Fsp3) is 0.846. The lowest BCUT2D eigenvalue weighted by Gasteiger charge is -2.67. The van der Waals surface area contributed by atoms with Crippen molar-refractivity contribution in [2.75, 3.05) is 20.3 Å². The highest BCUT2D eigenvalue weighted by atomic mass is 16.7. The van der Waals surface area contributed by atoms with Gasteiger partial charge in [-0.15, -0.1) is 0 Å². The molecule has 0 aromatic rings. The summed E-state index contributed by atoms with van der Waals surface area (Å²) in [7, 11) is 1.45. The Kier molecular flexibility index (Phi) is 4.34. The SMILES string of the molecule is COC(=O)[C@]12C(=O)C[C@]3(C)C4(CC[C@@]3(C)[C@H]1CC=C1C(C)(C)CCC[C@@]12C)OCCO4. The van der Waals surface area contributed by atoms with Gasteiger partial charge >= 0.3 is 5.97 Å². The van der Waals surface area contributed by atoms with E-state index in [2.05, 4.69) is 40.7 Å². The first kappa shape index (κ1) is 21.6. The number of Topliss-reactive ketones (excluding diaryl/α,β-unsaturated/α-hetero) is 1. The molecular weight excluding hydrogens is 392 g/mol. The number of carbonyl (C=O) groups is 2. The Labute approximate surface area is 186 Å². The summed E-state index contributed by atoms with van der Waals surface area (Å²) in [5.74, 6) is -1.12. The van der Waals surface area contributed by atoms with Gasteiger partial charge in [0, 0.05) is 23.7 Å². The van der Waals surface area contributed by atoms with E-state index in [1.165, 1.54) is 12.7 Å². The molecule has 0 unspecified atom stereocenters. The highest BCUT2D eigenvalue weighted by molar-refractivity contribution is 6.07. The Bertz CT molecular complexity index is 867. The molecule has 0 amide bonds. The number of methoxy groups -OCH3 is 1. The Morgan fingerprint density at radius 2 is 1.71 bits per heavy atom. The smallest absolute Gasteiger partial charge is 0.320 e. The largest absolute Gasteiger partial charge is 0.468 e. The predicted molar refractivity (Wildman–Crippen MR) is 116 cm³/mol. The molecule has 4 fully saturated rings. The second kappa shape index (κ2) is 6.22. The summed E-state index contributed by atoms with van der Waals surface area (Å²) in [6.07, 6.45) is 8.05. The maximum absolute atomic E-state index is 14.4. The second-order valence-corrected chi connectivity index (χ2v) is 12.1. The van der Waals surface area contributed by atoms with Crippen molar-refractivity contribution >= 4 is 11.8 Å². The summed E-state index contributed by atoms with van der Waals surface area (Å²) in [6, 6.07) is 0. The number of ether oxygens (including phenoxy) is 3. The van der Waals surface area contributed by atoms with Crippen LogP contribution in [-0.4, -0.2) is 37.9 Å². The third-order valence-corrected chi connectivity index (χ3v) is 10.8. The van der Waals surface area contributed by atoms with Gasteiger partial charge in [-0.2, -0.15) is 0 Å². The van der Waals surface area contributed by atoms with Crippen molar-refractivity contribution in [3.8, 4) is 0 Å². The molecule has 1 heterocycles. The normalized spacial score (nSPS) is 47.4. The van der Waals surface area contributed by atoms with Crippen LogP contribution in [0, 0.1) is 33.0 Å². The molecule has 172 valence electrons. The van der Waals surface area contributed by atoms with Crippen LogP contribution in [0.2, 0.25) is 0 Å². The van der Waals surface area contributed by atoms with E-state index in [9.17, 15) is 9.59 Å². The maximum atomic E-state index is 14.4. The van der Waals surface area contributed by atoms with Crippen molar-refractivity contribution < 1.29 is 23.8 Å². The summed E-state index contributed by atoms with van der Waals surface area (Å²) in [4.78, 5) is 28.2. The van der Waals surface area contributed by atoms with Crippen molar-refractivity contribution in [2.24, 2.45) is 33.0 Å². The molecule has 5 rings (SSSR count). The van der Waals surface area contributed by atoms with Crippen LogP contribution in [-0.2, 0) is 23.8 Å². The third-order valence-electron chi connectivity index (χ3n) is 10.8. The van der Waals surface area contributed by atoms with E-state index in [1.54, 1.807) is 0 Å². The van der Waals surface area contributed by atoms with Crippen LogP contribution < -0.4 is 0 Å². The van der Waals surface area contributed by atoms with Crippen LogP contribution in [0.25, 0.3) is 0 Å². The number of carbonyl (C=O) groups excluding carboxylic acids is 2. The van der Waals surface area contributed by atoms with Gasteiger partial charge in [0.1, 0.15) is 5.41 Å². The van der Waals surface area contributed by atoms with Gasteiger partial charge in [-0.1, -0.05) is 52.7 Å². The molecule has 5 heteroatoms. The molecule has 0 aromatic heterocycles. The molecule has 1 saturated heterocycles. The number of esters is 1. The summed E-state index contributed by atoms with van der Waals surface area (Å²) < 4.78 is 18.0. The zero-order chi connectivity index (χ0) is 22.5. The Balaban J connectivity index is 1.76. The summed E-state index contributed by atoms with van der Waals surface area (Å²) in [5, 5.41) is 0. The van der Waals surface area contributed by atoms with Gasteiger partial charge in [0.2, 0.25) is 0 Å². The van der Waals surface area contributed by atoms with E-state index in [0.717, 1.165) is 38.5 Å². The van der Waals surface area contributed by atoms with Gasteiger partial charge in [-0.05, 0) is 42.4 Å². The van der Waals surface area contributed by atoms with Gasteiger partial charge in [0.05, 0.1) is 20.3 Å². The number of hydrogen-bond donors (Lipinski definition) is 0. The Hall–Kier alpha value is -1.20. The molecule has 0 aromatic carbocycles. The van der Waals surface area contributed by atoms with Crippen molar-refractivity contribution in [3.05, 3.63) is 11.6 Å². The van der Waals surface area contributed by atoms with Crippen molar-refractivity contribution in [2.45, 2.75) is 85.4 Å². The first-order valence-corrected chi connectivity index (χ1v) is 12.1.